The van der Waals surface area contributed by atoms with Gasteiger partial charge in [-0.25, -0.2) is 4.98 Å². The molecule has 0 radical (unpaired) electrons. The Labute approximate surface area is 116 Å². The molecule has 1 aliphatic rings. The summed E-state index contributed by atoms with van der Waals surface area (Å²) < 4.78 is 0. The number of aryl methyl sites for hydroxylation is 1. The van der Waals surface area contributed by atoms with E-state index < -0.39 is 0 Å². The van der Waals surface area contributed by atoms with Gasteiger partial charge in [0.15, 0.2) is 0 Å². The summed E-state index contributed by atoms with van der Waals surface area (Å²) >= 11 is 1.63. The number of carbonyl (C=O) groups is 1. The molecule has 0 saturated heterocycles. The summed E-state index contributed by atoms with van der Waals surface area (Å²) in [5.74, 6) is 0.654. The fourth-order valence-electron chi connectivity index (χ4n) is 2.14. The molecule has 0 saturated carbocycles. The van der Waals surface area contributed by atoms with E-state index in [1.54, 1.807) is 18.0 Å². The Kier molecular flexibility index (Phi) is 3.25. The van der Waals surface area contributed by atoms with E-state index in [0.717, 1.165) is 12.0 Å². The van der Waals surface area contributed by atoms with Gasteiger partial charge in [-0.3, -0.25) is 4.79 Å². The number of benzene rings is 1. The number of thioether (sulfide) groups is 1. The van der Waals surface area contributed by atoms with Crippen molar-refractivity contribution in [2.75, 3.05) is 5.32 Å². The van der Waals surface area contributed by atoms with Gasteiger partial charge in [-0.05, 0) is 42.7 Å². The number of aromatic nitrogens is 1. The standard InChI is InChI=1S/C15H14N2OS/c1-10-6-7-16-14(8-10)17-15(18)13-9-11-4-2-3-5-12(11)19-13/h2-8,13H,9H2,1H3,(H,16,17,18)/t13-/m1/s1. The van der Waals surface area contributed by atoms with Crippen LogP contribution in [0.1, 0.15) is 11.1 Å². The predicted molar refractivity (Wildman–Crippen MR) is 77.4 cm³/mol. The summed E-state index contributed by atoms with van der Waals surface area (Å²) in [7, 11) is 0. The highest BCUT2D eigenvalue weighted by Gasteiger charge is 2.28. The molecule has 3 rings (SSSR count). The van der Waals surface area contributed by atoms with Crippen molar-refractivity contribution in [3.8, 4) is 0 Å². The van der Waals surface area contributed by atoms with E-state index in [9.17, 15) is 4.79 Å². The lowest BCUT2D eigenvalue weighted by Crippen LogP contribution is -2.25. The van der Waals surface area contributed by atoms with Crippen LogP contribution in [0.4, 0.5) is 5.82 Å². The third-order valence-corrected chi connectivity index (χ3v) is 4.42. The van der Waals surface area contributed by atoms with Gasteiger partial charge in [0.1, 0.15) is 5.82 Å². The maximum atomic E-state index is 12.2. The molecule has 1 atom stereocenters. The molecule has 0 bridgehead atoms. The van der Waals surface area contributed by atoms with Gasteiger partial charge in [-0.1, -0.05) is 18.2 Å². The zero-order chi connectivity index (χ0) is 13.2. The lowest BCUT2D eigenvalue weighted by molar-refractivity contribution is -0.115. The number of amides is 1. The Balaban J connectivity index is 1.70. The molecule has 1 aromatic carbocycles. The largest absolute Gasteiger partial charge is 0.310 e. The zero-order valence-corrected chi connectivity index (χ0v) is 11.4. The summed E-state index contributed by atoms with van der Waals surface area (Å²) in [5.41, 5.74) is 2.34. The van der Waals surface area contributed by atoms with E-state index in [0.29, 0.717) is 5.82 Å². The van der Waals surface area contributed by atoms with Gasteiger partial charge in [0.2, 0.25) is 5.91 Å². The first-order chi connectivity index (χ1) is 9.22. The second kappa shape index (κ2) is 5.05. The predicted octanol–water partition coefficient (Wildman–Crippen LogP) is 3.05. The van der Waals surface area contributed by atoms with Crippen LogP contribution in [0.5, 0.6) is 0 Å². The molecule has 2 aromatic rings. The Morgan fingerprint density at radius 3 is 3.00 bits per heavy atom. The van der Waals surface area contributed by atoms with Gasteiger partial charge in [-0.15, -0.1) is 11.8 Å². The van der Waals surface area contributed by atoms with Crippen molar-refractivity contribution < 1.29 is 4.79 Å². The van der Waals surface area contributed by atoms with Gasteiger partial charge in [0.05, 0.1) is 5.25 Å². The summed E-state index contributed by atoms with van der Waals surface area (Å²) in [5, 5.41) is 2.83. The minimum absolute atomic E-state index is 0.0271. The lowest BCUT2D eigenvalue weighted by atomic mass is 10.1. The number of nitrogens with one attached hydrogen (secondary N) is 1. The van der Waals surface area contributed by atoms with Crippen LogP contribution in [0.25, 0.3) is 0 Å². The molecule has 4 heteroatoms. The van der Waals surface area contributed by atoms with Crippen molar-refractivity contribution in [2.45, 2.75) is 23.5 Å². The molecule has 0 fully saturated rings. The van der Waals surface area contributed by atoms with Crippen LogP contribution in [0.15, 0.2) is 47.5 Å². The minimum Gasteiger partial charge on any atom is -0.310 e. The van der Waals surface area contributed by atoms with Crippen LogP contribution in [0.3, 0.4) is 0 Å². The maximum Gasteiger partial charge on any atom is 0.239 e. The first-order valence-corrected chi connectivity index (χ1v) is 7.08. The number of hydrogen-bond donors (Lipinski definition) is 1. The van der Waals surface area contributed by atoms with E-state index in [1.165, 1.54) is 10.5 Å². The summed E-state index contributed by atoms with van der Waals surface area (Å²) in [6.07, 6.45) is 2.50. The quantitative estimate of drug-likeness (QED) is 0.912. The molecule has 19 heavy (non-hydrogen) atoms. The number of fused-ring (bicyclic) bond motifs is 1. The second-order valence-corrected chi connectivity index (χ2v) is 5.87. The third-order valence-electron chi connectivity index (χ3n) is 3.11. The molecule has 0 aliphatic carbocycles. The molecule has 0 spiro atoms. The molecule has 0 unspecified atom stereocenters. The van der Waals surface area contributed by atoms with Gasteiger partial charge in [0.25, 0.3) is 0 Å². The molecule has 96 valence electrons. The highest BCUT2D eigenvalue weighted by atomic mass is 32.2. The lowest BCUT2D eigenvalue weighted by Gasteiger charge is -2.09. The van der Waals surface area contributed by atoms with Gasteiger partial charge in [0, 0.05) is 11.1 Å². The SMILES string of the molecule is Cc1ccnc(NC(=O)[C@H]2Cc3ccccc3S2)c1. The first kappa shape index (κ1) is 12.2. The molecule has 1 aliphatic heterocycles. The van der Waals surface area contributed by atoms with Crippen LogP contribution in [0.2, 0.25) is 0 Å². The fraction of sp³-hybridized carbons (Fsp3) is 0.200. The Morgan fingerprint density at radius 2 is 2.21 bits per heavy atom. The normalized spacial score (nSPS) is 17.0. The number of anilines is 1. The van der Waals surface area contributed by atoms with Crippen molar-refractivity contribution in [1.29, 1.82) is 0 Å². The molecule has 3 nitrogen and oxygen atoms in total. The molecular formula is C15H14N2OS. The smallest absolute Gasteiger partial charge is 0.239 e. The van der Waals surface area contributed by atoms with Crippen LogP contribution in [-0.2, 0) is 11.2 Å². The zero-order valence-electron chi connectivity index (χ0n) is 10.6. The second-order valence-electron chi connectivity index (χ2n) is 4.63. The maximum absolute atomic E-state index is 12.2. The van der Waals surface area contributed by atoms with Crippen molar-refractivity contribution in [1.82, 2.24) is 4.98 Å². The Bertz CT molecular complexity index is 602. The highest BCUT2D eigenvalue weighted by Crippen LogP contribution is 2.37. The van der Waals surface area contributed by atoms with Crippen molar-refractivity contribution >= 4 is 23.5 Å². The van der Waals surface area contributed by atoms with Crippen molar-refractivity contribution in [3.63, 3.8) is 0 Å². The number of nitrogens with zero attached hydrogens (tertiary/aromatic N) is 1. The van der Waals surface area contributed by atoms with Crippen molar-refractivity contribution in [3.05, 3.63) is 53.7 Å². The van der Waals surface area contributed by atoms with E-state index in [2.05, 4.69) is 22.4 Å². The highest BCUT2D eigenvalue weighted by molar-refractivity contribution is 8.01. The van der Waals surface area contributed by atoms with E-state index >= 15 is 0 Å². The minimum atomic E-state index is -0.0558. The topological polar surface area (TPSA) is 42.0 Å². The molecular weight excluding hydrogens is 256 g/mol. The Morgan fingerprint density at radius 1 is 1.37 bits per heavy atom. The van der Waals surface area contributed by atoms with Crippen LogP contribution in [-0.4, -0.2) is 16.1 Å². The molecule has 1 aromatic heterocycles. The summed E-state index contributed by atoms with van der Waals surface area (Å²) in [6.45, 7) is 1.98. The average Bonchev–Trinajstić information content (AvgIpc) is 2.82. The van der Waals surface area contributed by atoms with Gasteiger partial charge < -0.3 is 5.32 Å². The van der Waals surface area contributed by atoms with Crippen molar-refractivity contribution in [2.24, 2.45) is 0 Å². The third kappa shape index (κ3) is 2.63. The fourth-order valence-corrected chi connectivity index (χ4v) is 3.33. The molecule has 1 amide bonds. The number of hydrogen-bond acceptors (Lipinski definition) is 3. The van der Waals surface area contributed by atoms with E-state index in [1.807, 2.05) is 31.2 Å². The van der Waals surface area contributed by atoms with Gasteiger partial charge in [-0.2, -0.15) is 0 Å². The summed E-state index contributed by atoms with van der Waals surface area (Å²) in [6, 6.07) is 12.0. The first-order valence-electron chi connectivity index (χ1n) is 6.20. The Hall–Kier alpha value is -1.81. The average molecular weight is 270 g/mol. The molecule has 1 N–H and O–H groups in total. The van der Waals surface area contributed by atoms with Crippen LogP contribution >= 0.6 is 11.8 Å². The number of rotatable bonds is 2. The van der Waals surface area contributed by atoms with Crippen LogP contribution < -0.4 is 5.32 Å². The van der Waals surface area contributed by atoms with Gasteiger partial charge >= 0.3 is 0 Å². The molecule has 2 heterocycles. The number of carbonyl (C=O) groups excluding carboxylic acids is 1. The number of pyridine rings is 1. The monoisotopic (exact) mass is 270 g/mol. The van der Waals surface area contributed by atoms with E-state index in [-0.39, 0.29) is 11.2 Å². The summed E-state index contributed by atoms with van der Waals surface area (Å²) in [4.78, 5) is 17.6. The van der Waals surface area contributed by atoms with E-state index in [4.69, 9.17) is 0 Å². The van der Waals surface area contributed by atoms with Crippen LogP contribution in [0, 0.1) is 6.92 Å².